The molecule has 0 fully saturated rings. The molecule has 3 rings (SSSR count). The molecule has 3 aromatic rings. The molecular weight excluding hydrogens is 445 g/mol. The summed E-state index contributed by atoms with van der Waals surface area (Å²) >= 11 is 1.19. The Morgan fingerprint density at radius 2 is 1.88 bits per heavy atom. The van der Waals surface area contributed by atoms with Crippen molar-refractivity contribution in [3.63, 3.8) is 0 Å². The Balaban J connectivity index is 1.59. The Labute approximate surface area is 195 Å². The molecule has 0 spiro atoms. The first-order valence-electron chi connectivity index (χ1n) is 10.2. The Morgan fingerprint density at radius 1 is 1.12 bits per heavy atom. The number of anilines is 2. The van der Waals surface area contributed by atoms with Crippen molar-refractivity contribution in [1.82, 2.24) is 14.8 Å². The van der Waals surface area contributed by atoms with E-state index in [-0.39, 0.29) is 23.8 Å². The highest BCUT2D eigenvalue weighted by Gasteiger charge is 2.17. The van der Waals surface area contributed by atoms with E-state index in [1.165, 1.54) is 23.9 Å². The number of amides is 2. The first kappa shape index (κ1) is 24.0. The Hall–Kier alpha value is -3.66. The molecule has 0 saturated heterocycles. The van der Waals surface area contributed by atoms with Gasteiger partial charge in [0.1, 0.15) is 17.4 Å². The minimum atomic E-state index is -0.520. The van der Waals surface area contributed by atoms with E-state index in [0.717, 1.165) is 5.75 Å². The molecule has 10 heteroatoms. The number of carbonyl (C=O) groups excluding carboxylic acids is 2. The summed E-state index contributed by atoms with van der Waals surface area (Å²) in [4.78, 5) is 24.7. The lowest BCUT2D eigenvalue weighted by atomic mass is 10.3. The van der Waals surface area contributed by atoms with Gasteiger partial charge in [-0.2, -0.15) is 0 Å². The Bertz CT molecular complexity index is 1120. The minimum absolute atomic E-state index is 0.0952. The number of thioether (sulfide) groups is 1. The third-order valence-corrected chi connectivity index (χ3v) is 5.32. The van der Waals surface area contributed by atoms with Crippen molar-refractivity contribution in [1.29, 1.82) is 0 Å². The predicted molar refractivity (Wildman–Crippen MR) is 126 cm³/mol. The zero-order valence-electron chi connectivity index (χ0n) is 18.1. The van der Waals surface area contributed by atoms with E-state index in [4.69, 9.17) is 4.74 Å². The fraction of sp³-hybridized carbons (Fsp3) is 0.217. The van der Waals surface area contributed by atoms with Gasteiger partial charge < -0.3 is 19.9 Å². The fourth-order valence-electron chi connectivity index (χ4n) is 2.90. The maximum Gasteiger partial charge on any atom is 0.234 e. The number of hydrogen-bond acceptors (Lipinski definition) is 6. The molecule has 0 atom stereocenters. The summed E-state index contributed by atoms with van der Waals surface area (Å²) in [5.41, 5.74) is 0.750. The topological polar surface area (TPSA) is 98.1 Å². The van der Waals surface area contributed by atoms with Crippen molar-refractivity contribution >= 4 is 35.0 Å². The molecule has 2 amide bonds. The lowest BCUT2D eigenvalue weighted by Crippen LogP contribution is -2.18. The number of aromatic nitrogens is 3. The number of allylic oxidation sites excluding steroid dienone is 1. The third-order valence-electron chi connectivity index (χ3n) is 4.35. The number of rotatable bonds is 11. The van der Waals surface area contributed by atoms with E-state index in [2.05, 4.69) is 27.4 Å². The van der Waals surface area contributed by atoms with Gasteiger partial charge in [-0.15, -0.1) is 16.8 Å². The highest BCUT2D eigenvalue weighted by Crippen LogP contribution is 2.20. The van der Waals surface area contributed by atoms with Crippen LogP contribution in [-0.2, 0) is 22.6 Å². The SMILES string of the molecule is C=CCn1c(CC(=O)Nc2ccccc2F)nnc1SCC(=O)Nc1ccc(OCC)cc1. The van der Waals surface area contributed by atoms with Crippen LogP contribution in [0.4, 0.5) is 15.8 Å². The summed E-state index contributed by atoms with van der Waals surface area (Å²) in [7, 11) is 0. The molecular formula is C23H24FN5O3S. The molecule has 172 valence electrons. The summed E-state index contributed by atoms with van der Waals surface area (Å²) in [6.07, 6.45) is 1.54. The van der Waals surface area contributed by atoms with Gasteiger partial charge in [-0.3, -0.25) is 9.59 Å². The zero-order valence-corrected chi connectivity index (χ0v) is 18.9. The Kier molecular flexibility index (Phi) is 8.59. The van der Waals surface area contributed by atoms with Crippen molar-refractivity contribution in [2.75, 3.05) is 23.0 Å². The summed E-state index contributed by atoms with van der Waals surface area (Å²) in [6.45, 7) is 6.55. The van der Waals surface area contributed by atoms with Crippen LogP contribution in [0.15, 0.2) is 66.3 Å². The van der Waals surface area contributed by atoms with Crippen molar-refractivity contribution < 1.29 is 18.7 Å². The highest BCUT2D eigenvalue weighted by atomic mass is 32.2. The summed E-state index contributed by atoms with van der Waals surface area (Å²) < 4.78 is 20.9. The van der Waals surface area contributed by atoms with E-state index in [0.29, 0.717) is 29.8 Å². The second kappa shape index (κ2) is 11.8. The number of hydrogen-bond donors (Lipinski definition) is 2. The number of benzene rings is 2. The number of carbonyl (C=O) groups is 2. The molecule has 33 heavy (non-hydrogen) atoms. The van der Waals surface area contributed by atoms with Crippen LogP contribution in [0, 0.1) is 5.82 Å². The lowest BCUT2D eigenvalue weighted by Gasteiger charge is -2.09. The van der Waals surface area contributed by atoms with Crippen LogP contribution in [0.1, 0.15) is 12.7 Å². The minimum Gasteiger partial charge on any atom is -0.494 e. The first-order valence-corrected chi connectivity index (χ1v) is 11.2. The molecule has 0 aliphatic heterocycles. The van der Waals surface area contributed by atoms with Crippen LogP contribution in [0.5, 0.6) is 5.75 Å². The van der Waals surface area contributed by atoms with Crippen LogP contribution in [0.2, 0.25) is 0 Å². The standard InChI is InChI=1S/C23H24FN5O3S/c1-3-13-29-20(14-21(30)26-19-8-6-5-7-18(19)24)27-28-23(29)33-15-22(31)25-16-9-11-17(12-10-16)32-4-2/h3,5-12H,1,4,13-15H2,2H3,(H,25,31)(H,26,30). The molecule has 2 aromatic carbocycles. The van der Waals surface area contributed by atoms with Crippen LogP contribution >= 0.6 is 11.8 Å². The van der Waals surface area contributed by atoms with Gasteiger partial charge >= 0.3 is 0 Å². The second-order valence-corrected chi connectivity index (χ2v) is 7.74. The van der Waals surface area contributed by atoms with Gasteiger partial charge in [0, 0.05) is 12.2 Å². The van der Waals surface area contributed by atoms with Gasteiger partial charge in [-0.1, -0.05) is 30.0 Å². The number of nitrogens with one attached hydrogen (secondary N) is 2. The van der Waals surface area contributed by atoms with Crippen LogP contribution in [-0.4, -0.2) is 38.9 Å². The first-order chi connectivity index (χ1) is 16.0. The third kappa shape index (κ3) is 6.91. The lowest BCUT2D eigenvalue weighted by molar-refractivity contribution is -0.116. The normalized spacial score (nSPS) is 10.5. The van der Waals surface area contributed by atoms with Crippen LogP contribution in [0.3, 0.4) is 0 Å². The number of nitrogens with zero attached hydrogens (tertiary/aromatic N) is 3. The molecule has 1 heterocycles. The molecule has 0 aliphatic carbocycles. The van der Waals surface area contributed by atoms with Crippen molar-refractivity contribution in [2.24, 2.45) is 0 Å². The highest BCUT2D eigenvalue weighted by molar-refractivity contribution is 7.99. The Morgan fingerprint density at radius 3 is 2.58 bits per heavy atom. The van der Waals surface area contributed by atoms with Crippen LogP contribution in [0.25, 0.3) is 0 Å². The molecule has 0 radical (unpaired) electrons. The molecule has 0 unspecified atom stereocenters. The molecule has 8 nitrogen and oxygen atoms in total. The van der Waals surface area contributed by atoms with E-state index in [1.807, 2.05) is 6.92 Å². The number of para-hydroxylation sites is 1. The molecule has 0 saturated carbocycles. The monoisotopic (exact) mass is 469 g/mol. The van der Waals surface area contributed by atoms with E-state index >= 15 is 0 Å². The average molecular weight is 470 g/mol. The number of halogens is 1. The van der Waals surface area contributed by atoms with Gasteiger partial charge in [0.25, 0.3) is 0 Å². The molecule has 0 bridgehead atoms. The van der Waals surface area contributed by atoms with E-state index in [1.54, 1.807) is 47.0 Å². The van der Waals surface area contributed by atoms with Gasteiger partial charge in [-0.05, 0) is 43.3 Å². The van der Waals surface area contributed by atoms with Gasteiger partial charge in [-0.25, -0.2) is 4.39 Å². The van der Waals surface area contributed by atoms with Crippen molar-refractivity contribution in [3.8, 4) is 5.75 Å². The summed E-state index contributed by atoms with van der Waals surface area (Å²) in [6, 6.07) is 13.0. The zero-order chi connectivity index (χ0) is 23.6. The predicted octanol–water partition coefficient (Wildman–Crippen LogP) is 3.91. The summed E-state index contributed by atoms with van der Waals surface area (Å²) in [5, 5.41) is 14.0. The summed E-state index contributed by atoms with van der Waals surface area (Å²) in [5.74, 6) is 0.0586. The van der Waals surface area contributed by atoms with E-state index in [9.17, 15) is 14.0 Å². The molecule has 2 N–H and O–H groups in total. The quantitative estimate of drug-likeness (QED) is 0.326. The fourth-order valence-corrected chi connectivity index (χ4v) is 3.66. The second-order valence-electron chi connectivity index (χ2n) is 6.80. The maximum atomic E-state index is 13.8. The largest absolute Gasteiger partial charge is 0.494 e. The average Bonchev–Trinajstić information content (AvgIpc) is 3.17. The number of ether oxygens (including phenoxy) is 1. The molecule has 1 aromatic heterocycles. The van der Waals surface area contributed by atoms with Crippen molar-refractivity contribution in [3.05, 3.63) is 72.8 Å². The molecule has 0 aliphatic rings. The van der Waals surface area contributed by atoms with Gasteiger partial charge in [0.15, 0.2) is 5.16 Å². The maximum absolute atomic E-state index is 13.8. The van der Waals surface area contributed by atoms with Crippen molar-refractivity contribution in [2.45, 2.75) is 25.0 Å². The van der Waals surface area contributed by atoms with Crippen LogP contribution < -0.4 is 15.4 Å². The van der Waals surface area contributed by atoms with E-state index < -0.39 is 11.7 Å². The smallest absolute Gasteiger partial charge is 0.234 e. The van der Waals surface area contributed by atoms with Gasteiger partial charge in [0.05, 0.1) is 24.5 Å². The van der Waals surface area contributed by atoms with Gasteiger partial charge in [0.2, 0.25) is 11.8 Å².